The van der Waals surface area contributed by atoms with E-state index in [2.05, 4.69) is 31.2 Å². The molecule has 2 amide bonds. The van der Waals surface area contributed by atoms with Gasteiger partial charge in [0.05, 0.1) is 17.1 Å². The fourth-order valence-electron chi connectivity index (χ4n) is 3.59. The lowest BCUT2D eigenvalue weighted by atomic mass is 9.99. The van der Waals surface area contributed by atoms with Crippen LogP contribution in [0, 0.1) is 0 Å². The summed E-state index contributed by atoms with van der Waals surface area (Å²) in [6.45, 7) is 1.20. The minimum atomic E-state index is -0.212. The maximum atomic E-state index is 13.1. The summed E-state index contributed by atoms with van der Waals surface area (Å²) in [5.41, 5.74) is 2.09. The van der Waals surface area contributed by atoms with E-state index < -0.39 is 0 Å². The Balaban J connectivity index is 1.45. The van der Waals surface area contributed by atoms with Crippen molar-refractivity contribution >= 4 is 22.0 Å². The van der Waals surface area contributed by atoms with Crippen LogP contribution in [0.25, 0.3) is 0 Å². The molecule has 1 unspecified atom stereocenters. The molecule has 0 saturated carbocycles. The summed E-state index contributed by atoms with van der Waals surface area (Å²) in [6, 6.07) is 20.0. The third kappa shape index (κ3) is 5.16. The highest BCUT2D eigenvalue weighted by Gasteiger charge is 2.27. The minimum absolute atomic E-state index is 0.0993. The standard InChI is InChI=1S/C23H23BrN4O2/c24-19-14-25-22(26-15-19)30-20-12-7-13-28(16-20)23(29)27-21(17-8-3-1-4-9-17)18-10-5-2-6-11-18/h1-6,8-11,14-15,20-21H,7,12-13,16H2,(H,27,29). The van der Waals surface area contributed by atoms with Gasteiger partial charge in [-0.2, -0.15) is 0 Å². The van der Waals surface area contributed by atoms with E-state index in [4.69, 9.17) is 4.74 Å². The summed E-state index contributed by atoms with van der Waals surface area (Å²) < 4.78 is 6.70. The molecule has 0 aliphatic carbocycles. The van der Waals surface area contributed by atoms with Gasteiger partial charge in [0.15, 0.2) is 0 Å². The first-order valence-electron chi connectivity index (χ1n) is 9.98. The number of benzene rings is 2. The van der Waals surface area contributed by atoms with E-state index in [1.54, 1.807) is 12.4 Å². The summed E-state index contributed by atoms with van der Waals surface area (Å²) in [4.78, 5) is 23.3. The van der Waals surface area contributed by atoms with E-state index in [9.17, 15) is 4.79 Å². The molecule has 0 bridgehead atoms. The molecule has 6 nitrogen and oxygen atoms in total. The van der Waals surface area contributed by atoms with Gasteiger partial charge in [0.1, 0.15) is 6.10 Å². The van der Waals surface area contributed by atoms with Crippen molar-refractivity contribution in [2.24, 2.45) is 0 Å². The zero-order valence-corrected chi connectivity index (χ0v) is 18.0. The van der Waals surface area contributed by atoms with E-state index in [0.29, 0.717) is 19.1 Å². The molecule has 4 rings (SSSR count). The first-order valence-corrected chi connectivity index (χ1v) is 10.8. The molecule has 1 aliphatic rings. The van der Waals surface area contributed by atoms with Gasteiger partial charge in [-0.15, -0.1) is 0 Å². The maximum Gasteiger partial charge on any atom is 0.318 e. The molecule has 2 aromatic carbocycles. The number of hydrogen-bond donors (Lipinski definition) is 1. The van der Waals surface area contributed by atoms with Gasteiger partial charge in [-0.25, -0.2) is 14.8 Å². The van der Waals surface area contributed by atoms with Crippen LogP contribution in [-0.2, 0) is 0 Å². The van der Waals surface area contributed by atoms with Gasteiger partial charge in [-0.3, -0.25) is 0 Å². The molecule has 0 radical (unpaired) electrons. The number of hydrogen-bond acceptors (Lipinski definition) is 4. The minimum Gasteiger partial charge on any atom is -0.458 e. The monoisotopic (exact) mass is 466 g/mol. The molecule has 1 aliphatic heterocycles. The lowest BCUT2D eigenvalue weighted by Gasteiger charge is -2.33. The van der Waals surface area contributed by atoms with Gasteiger partial charge in [0.2, 0.25) is 0 Å². The number of rotatable bonds is 5. The molecule has 3 aromatic rings. The largest absolute Gasteiger partial charge is 0.458 e. The van der Waals surface area contributed by atoms with Gasteiger partial charge in [-0.05, 0) is 39.9 Å². The first kappa shape index (κ1) is 20.3. The molecule has 1 atom stereocenters. The van der Waals surface area contributed by atoms with E-state index in [-0.39, 0.29) is 18.2 Å². The van der Waals surface area contributed by atoms with Crippen LogP contribution in [0.5, 0.6) is 6.01 Å². The third-order valence-electron chi connectivity index (χ3n) is 5.07. The molecule has 1 saturated heterocycles. The zero-order valence-electron chi connectivity index (χ0n) is 16.4. The number of ether oxygens (including phenoxy) is 1. The number of carbonyl (C=O) groups is 1. The van der Waals surface area contributed by atoms with Crippen molar-refractivity contribution in [2.45, 2.75) is 25.0 Å². The normalized spacial score (nSPS) is 16.3. The highest BCUT2D eigenvalue weighted by molar-refractivity contribution is 9.10. The molecule has 7 heteroatoms. The van der Waals surface area contributed by atoms with Crippen molar-refractivity contribution in [1.29, 1.82) is 0 Å². The van der Waals surface area contributed by atoms with Gasteiger partial charge in [0.25, 0.3) is 0 Å². The van der Waals surface area contributed by atoms with Crippen molar-refractivity contribution in [3.8, 4) is 6.01 Å². The molecular weight excluding hydrogens is 444 g/mol. The third-order valence-corrected chi connectivity index (χ3v) is 5.48. The summed E-state index contributed by atoms with van der Waals surface area (Å²) in [7, 11) is 0. The van der Waals surface area contributed by atoms with Gasteiger partial charge in [0, 0.05) is 18.9 Å². The fourth-order valence-corrected chi connectivity index (χ4v) is 3.80. The fraction of sp³-hybridized carbons (Fsp3) is 0.261. The SMILES string of the molecule is O=C(NC(c1ccccc1)c1ccccc1)N1CCCC(Oc2ncc(Br)cn2)C1. The predicted molar refractivity (Wildman–Crippen MR) is 118 cm³/mol. The summed E-state index contributed by atoms with van der Waals surface area (Å²) >= 11 is 3.32. The van der Waals surface area contributed by atoms with E-state index in [1.807, 2.05) is 65.6 Å². The van der Waals surface area contributed by atoms with Crippen LogP contribution in [0.1, 0.15) is 30.0 Å². The Bertz CT molecular complexity index is 914. The van der Waals surface area contributed by atoms with Crippen molar-refractivity contribution < 1.29 is 9.53 Å². The summed E-state index contributed by atoms with van der Waals surface area (Å²) in [6.07, 6.45) is 4.91. The van der Waals surface area contributed by atoms with E-state index in [0.717, 1.165) is 28.4 Å². The highest BCUT2D eigenvalue weighted by Crippen LogP contribution is 2.23. The number of nitrogens with one attached hydrogen (secondary N) is 1. The average Bonchev–Trinajstić information content (AvgIpc) is 2.80. The molecule has 1 N–H and O–H groups in total. The number of amides is 2. The van der Waals surface area contributed by atoms with Crippen molar-refractivity contribution in [3.05, 3.63) is 88.7 Å². The quantitative estimate of drug-likeness (QED) is 0.597. The first-order chi connectivity index (χ1) is 14.7. The number of urea groups is 1. The molecular formula is C23H23BrN4O2. The van der Waals surface area contributed by atoms with Crippen LogP contribution >= 0.6 is 15.9 Å². The van der Waals surface area contributed by atoms with Crippen LogP contribution in [0.15, 0.2) is 77.5 Å². The lowest BCUT2D eigenvalue weighted by Crippen LogP contribution is -2.49. The van der Waals surface area contributed by atoms with Crippen molar-refractivity contribution in [3.63, 3.8) is 0 Å². The molecule has 1 fully saturated rings. The van der Waals surface area contributed by atoms with Crippen molar-refractivity contribution in [2.75, 3.05) is 13.1 Å². The number of aromatic nitrogens is 2. The molecule has 1 aromatic heterocycles. The molecule has 0 spiro atoms. The highest BCUT2D eigenvalue weighted by atomic mass is 79.9. The van der Waals surface area contributed by atoms with Crippen LogP contribution in [0.2, 0.25) is 0 Å². The van der Waals surface area contributed by atoms with Gasteiger partial charge >= 0.3 is 12.0 Å². The summed E-state index contributed by atoms with van der Waals surface area (Å²) in [5.74, 6) is 0. The maximum absolute atomic E-state index is 13.1. The van der Waals surface area contributed by atoms with Crippen LogP contribution in [0.4, 0.5) is 4.79 Å². The smallest absolute Gasteiger partial charge is 0.318 e. The Morgan fingerprint density at radius 1 is 1.03 bits per heavy atom. The lowest BCUT2D eigenvalue weighted by molar-refractivity contribution is 0.0932. The van der Waals surface area contributed by atoms with Crippen LogP contribution in [0.3, 0.4) is 0 Å². The van der Waals surface area contributed by atoms with Crippen LogP contribution in [-0.4, -0.2) is 40.1 Å². The number of nitrogens with zero attached hydrogens (tertiary/aromatic N) is 3. The Morgan fingerprint density at radius 2 is 1.63 bits per heavy atom. The second-order valence-corrected chi connectivity index (χ2v) is 8.13. The van der Waals surface area contributed by atoms with Gasteiger partial charge in [-0.1, -0.05) is 60.7 Å². The number of halogens is 1. The second-order valence-electron chi connectivity index (χ2n) is 7.22. The Labute approximate surface area is 184 Å². The number of likely N-dealkylation sites (tertiary alicyclic amines) is 1. The topological polar surface area (TPSA) is 67.4 Å². The van der Waals surface area contributed by atoms with E-state index >= 15 is 0 Å². The zero-order chi connectivity index (χ0) is 20.8. The summed E-state index contributed by atoms with van der Waals surface area (Å²) in [5, 5.41) is 3.21. The number of carbonyl (C=O) groups excluding carboxylic acids is 1. The van der Waals surface area contributed by atoms with Crippen LogP contribution < -0.4 is 10.1 Å². The Hall–Kier alpha value is -2.93. The van der Waals surface area contributed by atoms with Crippen molar-refractivity contribution in [1.82, 2.24) is 20.2 Å². The molecule has 2 heterocycles. The number of piperidine rings is 1. The van der Waals surface area contributed by atoms with Gasteiger partial charge < -0.3 is 15.0 Å². The Morgan fingerprint density at radius 3 is 2.23 bits per heavy atom. The molecule has 30 heavy (non-hydrogen) atoms. The average molecular weight is 467 g/mol. The molecule has 154 valence electrons. The Kier molecular flexibility index (Phi) is 6.59. The van der Waals surface area contributed by atoms with E-state index in [1.165, 1.54) is 0 Å². The second kappa shape index (κ2) is 9.71. The predicted octanol–water partition coefficient (Wildman–Crippen LogP) is 4.58.